The van der Waals surface area contributed by atoms with Crippen molar-refractivity contribution < 1.29 is 4.79 Å². The highest BCUT2D eigenvalue weighted by molar-refractivity contribution is 5.47. The smallest absolute Gasteiger partial charge is 0.106 e. The molecule has 0 heterocycles. The third-order valence-corrected chi connectivity index (χ3v) is 1.16. The van der Waals surface area contributed by atoms with Crippen molar-refractivity contribution >= 4 is 12.9 Å². The Hall–Kier alpha value is -1.37. The predicted octanol–water partition coefficient (Wildman–Crippen LogP) is 3.56. The first-order chi connectivity index (χ1) is 6.43. The zero-order valence-corrected chi connectivity index (χ0v) is 8.66. The standard InChI is InChI=1S/C9H10.C2H6.CH2O/c1-2-6-9-7-4-3-5-8-9;2*1-2/h2-8H,1H3;1-2H3;1H2/b6-2+;;. The lowest BCUT2D eigenvalue weighted by molar-refractivity contribution is -0.0979. The second-order valence-corrected chi connectivity index (χ2v) is 1.91. The third-order valence-electron chi connectivity index (χ3n) is 1.16. The van der Waals surface area contributed by atoms with Crippen LogP contribution >= 0.6 is 0 Å². The van der Waals surface area contributed by atoms with E-state index in [0.29, 0.717) is 0 Å². The molecule has 0 radical (unpaired) electrons. The van der Waals surface area contributed by atoms with Crippen molar-refractivity contribution in [3.8, 4) is 0 Å². The highest BCUT2D eigenvalue weighted by atomic mass is 16.1. The molecule has 0 aliphatic carbocycles. The van der Waals surface area contributed by atoms with E-state index in [1.165, 1.54) is 5.56 Å². The molecule has 1 aromatic carbocycles. The zero-order chi connectivity index (χ0) is 10.5. The Morgan fingerprint density at radius 1 is 1.08 bits per heavy atom. The molecule has 0 fully saturated rings. The topological polar surface area (TPSA) is 17.1 Å². The second-order valence-electron chi connectivity index (χ2n) is 1.91. The van der Waals surface area contributed by atoms with Gasteiger partial charge in [-0.25, -0.2) is 0 Å². The number of allylic oxidation sites excluding steroid dienone is 1. The van der Waals surface area contributed by atoms with Crippen molar-refractivity contribution in [1.82, 2.24) is 0 Å². The highest BCUT2D eigenvalue weighted by Gasteiger charge is 1.77. The summed E-state index contributed by atoms with van der Waals surface area (Å²) in [6.45, 7) is 8.02. The predicted molar refractivity (Wildman–Crippen MR) is 59.6 cm³/mol. The zero-order valence-electron chi connectivity index (χ0n) is 8.66. The molecule has 0 saturated heterocycles. The lowest BCUT2D eigenvalue weighted by Gasteiger charge is -1.86. The molecule has 0 aromatic heterocycles. The quantitative estimate of drug-likeness (QED) is 0.642. The van der Waals surface area contributed by atoms with E-state index >= 15 is 0 Å². The molecule has 0 spiro atoms. The lowest BCUT2D eigenvalue weighted by atomic mass is 10.2. The van der Waals surface area contributed by atoms with Crippen LogP contribution in [0.4, 0.5) is 0 Å². The van der Waals surface area contributed by atoms with E-state index in [9.17, 15) is 0 Å². The Kier molecular flexibility index (Phi) is 14.4. The average Bonchev–Trinajstić information content (AvgIpc) is 2.26. The van der Waals surface area contributed by atoms with Gasteiger partial charge >= 0.3 is 0 Å². The minimum atomic E-state index is 1.26. The van der Waals surface area contributed by atoms with Gasteiger partial charge in [0.15, 0.2) is 0 Å². The summed E-state index contributed by atoms with van der Waals surface area (Å²) in [7, 11) is 0. The van der Waals surface area contributed by atoms with Crippen molar-refractivity contribution in [1.29, 1.82) is 0 Å². The van der Waals surface area contributed by atoms with Gasteiger partial charge in [0.1, 0.15) is 6.79 Å². The molecule has 1 nitrogen and oxygen atoms in total. The van der Waals surface area contributed by atoms with Gasteiger partial charge in [0, 0.05) is 0 Å². The fourth-order valence-electron chi connectivity index (χ4n) is 0.757. The molecule has 13 heavy (non-hydrogen) atoms. The summed E-state index contributed by atoms with van der Waals surface area (Å²) in [5, 5.41) is 0. The van der Waals surface area contributed by atoms with Gasteiger partial charge in [-0.2, -0.15) is 0 Å². The van der Waals surface area contributed by atoms with Gasteiger partial charge in [-0.1, -0.05) is 56.3 Å². The van der Waals surface area contributed by atoms with Crippen molar-refractivity contribution in [2.75, 3.05) is 0 Å². The van der Waals surface area contributed by atoms with Crippen LogP contribution in [0.25, 0.3) is 6.08 Å². The van der Waals surface area contributed by atoms with E-state index in [4.69, 9.17) is 4.79 Å². The fraction of sp³-hybridized carbons (Fsp3) is 0.250. The van der Waals surface area contributed by atoms with Crippen LogP contribution < -0.4 is 0 Å². The summed E-state index contributed by atoms with van der Waals surface area (Å²) >= 11 is 0. The summed E-state index contributed by atoms with van der Waals surface area (Å²) < 4.78 is 0. The van der Waals surface area contributed by atoms with E-state index in [-0.39, 0.29) is 0 Å². The normalized spacial score (nSPS) is 7.92. The molecule has 72 valence electrons. The van der Waals surface area contributed by atoms with Crippen LogP contribution in [0.3, 0.4) is 0 Å². The van der Waals surface area contributed by atoms with E-state index in [1.54, 1.807) is 0 Å². The number of benzene rings is 1. The van der Waals surface area contributed by atoms with E-state index < -0.39 is 0 Å². The molecule has 0 aliphatic heterocycles. The first-order valence-electron chi connectivity index (χ1n) is 4.40. The van der Waals surface area contributed by atoms with Crippen molar-refractivity contribution in [3.63, 3.8) is 0 Å². The van der Waals surface area contributed by atoms with Crippen LogP contribution in [0.5, 0.6) is 0 Å². The van der Waals surface area contributed by atoms with Crippen LogP contribution in [-0.2, 0) is 4.79 Å². The largest absolute Gasteiger partial charge is 0.307 e. The molecule has 0 amide bonds. The van der Waals surface area contributed by atoms with E-state index in [2.05, 4.69) is 18.2 Å². The van der Waals surface area contributed by atoms with Gasteiger partial charge in [-0.3, -0.25) is 0 Å². The molecule has 1 heteroatoms. The van der Waals surface area contributed by atoms with Crippen LogP contribution in [0.15, 0.2) is 36.4 Å². The number of carbonyl (C=O) groups is 1. The summed E-state index contributed by atoms with van der Waals surface area (Å²) in [5.41, 5.74) is 1.26. The Bertz CT molecular complexity index is 202. The lowest BCUT2D eigenvalue weighted by Crippen LogP contribution is -1.65. The van der Waals surface area contributed by atoms with Gasteiger partial charge in [0.2, 0.25) is 0 Å². The Balaban J connectivity index is 0. The SMILES string of the molecule is C/C=C/c1ccccc1.C=O.CC. The third kappa shape index (κ3) is 8.54. The molecular formula is C12H18O. The van der Waals surface area contributed by atoms with Gasteiger partial charge in [0.25, 0.3) is 0 Å². The van der Waals surface area contributed by atoms with Gasteiger partial charge < -0.3 is 4.79 Å². The number of hydrogen-bond acceptors (Lipinski definition) is 1. The monoisotopic (exact) mass is 178 g/mol. The number of hydrogen-bond donors (Lipinski definition) is 0. The Labute approximate surface area is 81.1 Å². The Morgan fingerprint density at radius 3 is 1.92 bits per heavy atom. The molecule has 0 bridgehead atoms. The van der Waals surface area contributed by atoms with Crippen LogP contribution in [-0.4, -0.2) is 6.79 Å². The van der Waals surface area contributed by atoms with E-state index in [0.717, 1.165) is 0 Å². The molecule has 1 rings (SSSR count). The summed E-state index contributed by atoms with van der Waals surface area (Å²) in [6, 6.07) is 10.3. The Morgan fingerprint density at radius 2 is 1.54 bits per heavy atom. The maximum Gasteiger partial charge on any atom is 0.106 e. The summed E-state index contributed by atoms with van der Waals surface area (Å²) in [5.74, 6) is 0. The van der Waals surface area contributed by atoms with Crippen molar-refractivity contribution in [2.45, 2.75) is 20.8 Å². The first kappa shape index (κ1) is 14.2. The van der Waals surface area contributed by atoms with E-state index in [1.807, 2.05) is 51.8 Å². The highest BCUT2D eigenvalue weighted by Crippen LogP contribution is 1.99. The first-order valence-corrected chi connectivity index (χ1v) is 4.40. The second kappa shape index (κ2) is 13.2. The van der Waals surface area contributed by atoms with Crippen LogP contribution in [0.1, 0.15) is 26.3 Å². The number of carbonyl (C=O) groups excluding carboxylic acids is 1. The molecule has 0 unspecified atom stereocenters. The molecular weight excluding hydrogens is 160 g/mol. The van der Waals surface area contributed by atoms with Gasteiger partial charge in [0.05, 0.1) is 0 Å². The fourth-order valence-corrected chi connectivity index (χ4v) is 0.757. The summed E-state index contributed by atoms with van der Waals surface area (Å²) in [6.07, 6.45) is 4.12. The van der Waals surface area contributed by atoms with Crippen LogP contribution in [0, 0.1) is 0 Å². The van der Waals surface area contributed by atoms with Crippen LogP contribution in [0.2, 0.25) is 0 Å². The molecule has 0 atom stereocenters. The van der Waals surface area contributed by atoms with Gasteiger partial charge in [-0.15, -0.1) is 0 Å². The molecule has 0 aliphatic rings. The maximum atomic E-state index is 8.00. The molecule has 0 N–H and O–H groups in total. The van der Waals surface area contributed by atoms with Crippen molar-refractivity contribution in [3.05, 3.63) is 42.0 Å². The summed E-state index contributed by atoms with van der Waals surface area (Å²) in [4.78, 5) is 8.00. The average molecular weight is 178 g/mol. The van der Waals surface area contributed by atoms with Crippen molar-refractivity contribution in [2.24, 2.45) is 0 Å². The minimum absolute atomic E-state index is 1.26. The minimum Gasteiger partial charge on any atom is -0.307 e. The number of rotatable bonds is 1. The van der Waals surface area contributed by atoms with Gasteiger partial charge in [-0.05, 0) is 12.5 Å². The maximum absolute atomic E-state index is 8.00. The molecule has 0 saturated carbocycles. The molecule has 1 aromatic rings.